The van der Waals surface area contributed by atoms with Gasteiger partial charge >= 0.3 is 0 Å². The van der Waals surface area contributed by atoms with Gasteiger partial charge in [0.05, 0.1) is 0 Å². The highest BCUT2D eigenvalue weighted by molar-refractivity contribution is 5.79. The molecule has 0 saturated heterocycles. The third-order valence-corrected chi connectivity index (χ3v) is 3.04. The maximum Gasteiger partial charge on any atom is 0.196 e. The van der Waals surface area contributed by atoms with E-state index in [9.17, 15) is 9.18 Å². The van der Waals surface area contributed by atoms with Gasteiger partial charge < -0.3 is 4.42 Å². The second-order valence-electron chi connectivity index (χ2n) is 4.45. The van der Waals surface area contributed by atoms with Crippen LogP contribution in [0.3, 0.4) is 0 Å². The van der Waals surface area contributed by atoms with Crippen LogP contribution in [0, 0.1) is 12.7 Å². The van der Waals surface area contributed by atoms with Gasteiger partial charge in [-0.3, -0.25) is 4.79 Å². The zero-order valence-corrected chi connectivity index (χ0v) is 10.3. The molecule has 0 bridgehead atoms. The van der Waals surface area contributed by atoms with E-state index < -0.39 is 5.82 Å². The number of fused-ring (bicyclic) bond motifs is 1. The van der Waals surface area contributed by atoms with Gasteiger partial charge in [-0.25, -0.2) is 4.39 Å². The molecule has 0 spiro atoms. The monoisotopic (exact) mass is 254 g/mol. The van der Waals surface area contributed by atoms with Crippen molar-refractivity contribution in [3.63, 3.8) is 0 Å². The van der Waals surface area contributed by atoms with Crippen LogP contribution in [0.15, 0.2) is 57.7 Å². The minimum absolute atomic E-state index is 0.00152. The van der Waals surface area contributed by atoms with Crippen molar-refractivity contribution in [2.24, 2.45) is 0 Å². The number of hydrogen-bond donors (Lipinski definition) is 0. The Morgan fingerprint density at radius 3 is 2.53 bits per heavy atom. The minimum Gasteiger partial charge on any atom is -0.456 e. The van der Waals surface area contributed by atoms with E-state index in [4.69, 9.17) is 4.42 Å². The normalized spacial score (nSPS) is 10.8. The highest BCUT2D eigenvalue weighted by Crippen LogP contribution is 2.23. The van der Waals surface area contributed by atoms with E-state index in [0.717, 1.165) is 11.1 Å². The molecule has 1 heterocycles. The summed E-state index contributed by atoms with van der Waals surface area (Å²) in [6.07, 6.45) is 0. The molecule has 3 aromatic rings. The summed E-state index contributed by atoms with van der Waals surface area (Å²) >= 11 is 0. The van der Waals surface area contributed by atoms with Gasteiger partial charge in [-0.05, 0) is 19.1 Å². The highest BCUT2D eigenvalue weighted by Gasteiger charge is 2.10. The van der Waals surface area contributed by atoms with Gasteiger partial charge in [0.25, 0.3) is 0 Å². The smallest absolute Gasteiger partial charge is 0.196 e. The first-order valence-corrected chi connectivity index (χ1v) is 5.94. The molecule has 3 rings (SSSR count). The van der Waals surface area contributed by atoms with Gasteiger partial charge in [0.15, 0.2) is 5.43 Å². The Kier molecular flexibility index (Phi) is 2.67. The van der Waals surface area contributed by atoms with Crippen molar-refractivity contribution in [2.75, 3.05) is 0 Å². The van der Waals surface area contributed by atoms with E-state index in [1.54, 1.807) is 6.07 Å². The lowest BCUT2D eigenvalue weighted by atomic mass is 10.1. The van der Waals surface area contributed by atoms with Crippen LogP contribution >= 0.6 is 0 Å². The predicted octanol–water partition coefficient (Wildman–Crippen LogP) is 3.91. The first kappa shape index (κ1) is 11.7. The Balaban J connectivity index is 2.27. The van der Waals surface area contributed by atoms with E-state index in [-0.39, 0.29) is 16.4 Å². The molecule has 0 fully saturated rings. The molecular formula is C16H11FO2. The zero-order valence-electron chi connectivity index (χ0n) is 10.3. The molecule has 19 heavy (non-hydrogen) atoms. The molecule has 0 aliphatic carbocycles. The third kappa shape index (κ3) is 2.03. The fourth-order valence-corrected chi connectivity index (χ4v) is 2.03. The Bertz CT molecular complexity index is 801. The van der Waals surface area contributed by atoms with Crippen LogP contribution in [0.1, 0.15) is 5.56 Å². The molecule has 0 amide bonds. The van der Waals surface area contributed by atoms with E-state index in [1.165, 1.54) is 18.2 Å². The second kappa shape index (κ2) is 4.35. The molecule has 0 atom stereocenters. The fraction of sp³-hybridized carbons (Fsp3) is 0.0625. The summed E-state index contributed by atoms with van der Waals surface area (Å²) in [7, 11) is 0. The molecule has 0 aliphatic rings. The second-order valence-corrected chi connectivity index (χ2v) is 4.45. The molecule has 0 radical (unpaired) electrons. The van der Waals surface area contributed by atoms with Crippen molar-refractivity contribution < 1.29 is 8.81 Å². The van der Waals surface area contributed by atoms with Crippen LogP contribution in [-0.4, -0.2) is 0 Å². The van der Waals surface area contributed by atoms with Gasteiger partial charge in [0, 0.05) is 11.6 Å². The van der Waals surface area contributed by atoms with E-state index in [2.05, 4.69) is 0 Å². The molecule has 0 unspecified atom stereocenters. The van der Waals surface area contributed by atoms with Crippen molar-refractivity contribution in [2.45, 2.75) is 6.92 Å². The summed E-state index contributed by atoms with van der Waals surface area (Å²) in [5.41, 5.74) is 1.82. The Morgan fingerprint density at radius 2 is 1.79 bits per heavy atom. The minimum atomic E-state index is -0.554. The van der Waals surface area contributed by atoms with E-state index in [1.807, 2.05) is 31.2 Å². The maximum absolute atomic E-state index is 13.6. The fourth-order valence-electron chi connectivity index (χ4n) is 2.03. The molecule has 94 valence electrons. The van der Waals surface area contributed by atoms with Crippen molar-refractivity contribution in [1.82, 2.24) is 0 Å². The standard InChI is InChI=1S/C16H11FO2/c1-10-5-7-11(8-6-10)15-9-13(18)16-12(17)3-2-4-14(16)19-15/h2-9H,1H3. The van der Waals surface area contributed by atoms with Crippen LogP contribution in [-0.2, 0) is 0 Å². The summed E-state index contributed by atoms with van der Waals surface area (Å²) < 4.78 is 19.2. The summed E-state index contributed by atoms with van der Waals surface area (Å²) in [5.74, 6) is -0.107. The molecule has 2 aromatic carbocycles. The van der Waals surface area contributed by atoms with Gasteiger partial charge in [0.1, 0.15) is 22.5 Å². The lowest BCUT2D eigenvalue weighted by Crippen LogP contribution is -2.02. The quantitative estimate of drug-likeness (QED) is 0.659. The van der Waals surface area contributed by atoms with Crippen LogP contribution in [0.5, 0.6) is 0 Å². The average Bonchev–Trinajstić information content (AvgIpc) is 2.39. The zero-order chi connectivity index (χ0) is 13.4. The topological polar surface area (TPSA) is 30.2 Å². The summed E-state index contributed by atoms with van der Waals surface area (Å²) in [6.45, 7) is 1.98. The molecule has 2 nitrogen and oxygen atoms in total. The van der Waals surface area contributed by atoms with Gasteiger partial charge in [0.2, 0.25) is 0 Å². The molecule has 0 saturated carbocycles. The molecule has 0 N–H and O–H groups in total. The van der Waals surface area contributed by atoms with Crippen LogP contribution in [0.25, 0.3) is 22.3 Å². The summed E-state index contributed by atoms with van der Waals surface area (Å²) in [4.78, 5) is 12.0. The Hall–Kier alpha value is -2.42. The SMILES string of the molecule is Cc1ccc(-c2cc(=O)c3c(F)cccc3o2)cc1. The van der Waals surface area contributed by atoms with Crippen molar-refractivity contribution in [1.29, 1.82) is 0 Å². The predicted molar refractivity (Wildman–Crippen MR) is 72.6 cm³/mol. The molecule has 0 aliphatic heterocycles. The van der Waals surface area contributed by atoms with Crippen LogP contribution in [0.4, 0.5) is 4.39 Å². The highest BCUT2D eigenvalue weighted by atomic mass is 19.1. The first-order chi connectivity index (χ1) is 9.15. The van der Waals surface area contributed by atoms with E-state index >= 15 is 0 Å². The summed E-state index contributed by atoms with van der Waals surface area (Å²) in [5, 5.41) is -0.00152. The van der Waals surface area contributed by atoms with Gasteiger partial charge in [-0.2, -0.15) is 0 Å². The van der Waals surface area contributed by atoms with Crippen molar-refractivity contribution in [3.8, 4) is 11.3 Å². The van der Waals surface area contributed by atoms with Crippen molar-refractivity contribution >= 4 is 11.0 Å². The van der Waals surface area contributed by atoms with Crippen molar-refractivity contribution in [3.05, 3.63) is 70.1 Å². The number of benzene rings is 2. The lowest BCUT2D eigenvalue weighted by molar-refractivity contribution is 0.604. The Labute approximate surface area is 109 Å². The Morgan fingerprint density at radius 1 is 1.05 bits per heavy atom. The number of aryl methyl sites for hydroxylation is 1. The van der Waals surface area contributed by atoms with Gasteiger partial charge in [-0.1, -0.05) is 35.9 Å². The van der Waals surface area contributed by atoms with E-state index in [0.29, 0.717) is 5.76 Å². The maximum atomic E-state index is 13.6. The number of hydrogen-bond acceptors (Lipinski definition) is 2. The average molecular weight is 254 g/mol. The summed E-state index contributed by atoms with van der Waals surface area (Å²) in [6, 6.07) is 13.3. The third-order valence-electron chi connectivity index (χ3n) is 3.04. The number of halogens is 1. The van der Waals surface area contributed by atoms with Crippen LogP contribution < -0.4 is 5.43 Å². The lowest BCUT2D eigenvalue weighted by Gasteiger charge is -2.04. The molecular weight excluding hydrogens is 243 g/mol. The van der Waals surface area contributed by atoms with Gasteiger partial charge in [-0.15, -0.1) is 0 Å². The first-order valence-electron chi connectivity index (χ1n) is 5.94. The largest absolute Gasteiger partial charge is 0.456 e. The number of rotatable bonds is 1. The molecule has 3 heteroatoms. The van der Waals surface area contributed by atoms with Crippen LogP contribution in [0.2, 0.25) is 0 Å². The molecule has 1 aromatic heterocycles.